The van der Waals surface area contributed by atoms with Crippen molar-refractivity contribution >= 4 is 34.2 Å². The molecule has 0 bridgehead atoms. The minimum absolute atomic E-state index is 0.198. The molecule has 2 rings (SSSR count). The standard InChI is InChI=1S/C19H18F3IN4O/c20-15-13(16(23)18(22)27-17(15)21)9-6-11-4-7-12(8-5-11)26-19(28)14(25)3-1-2-10-24/h4-5,7-8,14H,1-3,10,24-25H2,(H,26,28)/t14-/m0/s1. The normalized spacial score (nSPS) is 11.5. The molecule has 5 N–H and O–H groups in total. The molecule has 2 aromatic rings. The lowest BCUT2D eigenvalue weighted by molar-refractivity contribution is -0.117. The van der Waals surface area contributed by atoms with Crippen LogP contribution in [0.1, 0.15) is 30.4 Å². The highest BCUT2D eigenvalue weighted by Crippen LogP contribution is 2.19. The third kappa shape index (κ3) is 5.92. The smallest absolute Gasteiger partial charge is 0.252 e. The lowest BCUT2D eigenvalue weighted by atomic mass is 10.1. The van der Waals surface area contributed by atoms with E-state index in [0.717, 1.165) is 12.8 Å². The average Bonchev–Trinajstić information content (AvgIpc) is 2.67. The van der Waals surface area contributed by atoms with Gasteiger partial charge >= 0.3 is 0 Å². The van der Waals surface area contributed by atoms with Crippen LogP contribution >= 0.6 is 22.6 Å². The number of pyridine rings is 1. The number of nitrogens with one attached hydrogen (secondary N) is 1. The number of nitrogens with two attached hydrogens (primary N) is 2. The Labute approximate surface area is 174 Å². The van der Waals surface area contributed by atoms with Gasteiger partial charge in [-0.25, -0.2) is 4.39 Å². The summed E-state index contributed by atoms with van der Waals surface area (Å²) in [5.74, 6) is 0.776. The first kappa shape index (κ1) is 22.1. The molecule has 0 saturated heterocycles. The van der Waals surface area contributed by atoms with Crippen molar-refractivity contribution in [3.63, 3.8) is 0 Å². The zero-order valence-corrected chi connectivity index (χ0v) is 16.9. The number of hydrogen-bond acceptors (Lipinski definition) is 4. The second-order valence-electron chi connectivity index (χ2n) is 5.90. The second-order valence-corrected chi connectivity index (χ2v) is 6.98. The Hall–Kier alpha value is -2.16. The monoisotopic (exact) mass is 502 g/mol. The molecule has 148 valence electrons. The molecule has 0 aliphatic heterocycles. The number of halogens is 4. The van der Waals surface area contributed by atoms with Gasteiger partial charge in [-0.3, -0.25) is 4.79 Å². The van der Waals surface area contributed by atoms with Crippen LogP contribution in [0, 0.1) is 33.1 Å². The van der Waals surface area contributed by atoms with Gasteiger partial charge in [-0.05, 0) is 66.2 Å². The molecule has 0 radical (unpaired) electrons. The van der Waals surface area contributed by atoms with E-state index in [0.29, 0.717) is 24.2 Å². The Morgan fingerprint density at radius 2 is 1.82 bits per heavy atom. The molecule has 1 aromatic carbocycles. The van der Waals surface area contributed by atoms with Gasteiger partial charge < -0.3 is 16.8 Å². The molecule has 1 aromatic heterocycles. The largest absolute Gasteiger partial charge is 0.330 e. The van der Waals surface area contributed by atoms with Crippen LogP contribution < -0.4 is 16.8 Å². The van der Waals surface area contributed by atoms with Gasteiger partial charge in [-0.15, -0.1) is 0 Å². The minimum Gasteiger partial charge on any atom is -0.330 e. The zero-order chi connectivity index (χ0) is 20.7. The summed E-state index contributed by atoms with van der Waals surface area (Å²) in [7, 11) is 0. The van der Waals surface area contributed by atoms with Gasteiger partial charge in [-0.1, -0.05) is 18.3 Å². The molecular weight excluding hydrogens is 484 g/mol. The Morgan fingerprint density at radius 3 is 2.46 bits per heavy atom. The van der Waals surface area contributed by atoms with Crippen molar-refractivity contribution in [3.8, 4) is 11.8 Å². The molecule has 0 unspecified atom stereocenters. The number of carbonyl (C=O) groups is 1. The molecule has 0 spiro atoms. The molecule has 0 saturated carbocycles. The van der Waals surface area contributed by atoms with Gasteiger partial charge in [0, 0.05) is 11.3 Å². The first-order valence-electron chi connectivity index (χ1n) is 8.42. The summed E-state index contributed by atoms with van der Waals surface area (Å²) in [6, 6.07) is 5.74. The summed E-state index contributed by atoms with van der Waals surface area (Å²) < 4.78 is 40.2. The molecule has 9 heteroatoms. The predicted molar refractivity (Wildman–Crippen MR) is 109 cm³/mol. The Morgan fingerprint density at radius 1 is 1.14 bits per heavy atom. The number of benzene rings is 1. The summed E-state index contributed by atoms with van der Waals surface area (Å²) in [4.78, 5) is 14.9. The molecule has 1 amide bonds. The molecule has 28 heavy (non-hydrogen) atoms. The van der Waals surface area contributed by atoms with E-state index >= 15 is 0 Å². The topological polar surface area (TPSA) is 94.0 Å². The number of amides is 1. The average molecular weight is 502 g/mol. The number of anilines is 1. The summed E-state index contributed by atoms with van der Waals surface area (Å²) in [6.45, 7) is 0.554. The number of nitrogens with zero attached hydrogens (tertiary/aromatic N) is 1. The molecular formula is C19H18F3IN4O. The van der Waals surface area contributed by atoms with E-state index in [1.165, 1.54) is 22.6 Å². The van der Waals surface area contributed by atoms with Crippen molar-refractivity contribution in [1.82, 2.24) is 4.98 Å². The predicted octanol–water partition coefficient (Wildman–Crippen LogP) is 2.90. The summed E-state index contributed by atoms with van der Waals surface area (Å²) >= 11 is 1.51. The van der Waals surface area contributed by atoms with E-state index < -0.39 is 29.3 Å². The van der Waals surface area contributed by atoms with Gasteiger partial charge in [0.25, 0.3) is 5.95 Å². The fraction of sp³-hybridized carbons (Fsp3) is 0.263. The van der Waals surface area contributed by atoms with Crippen molar-refractivity contribution < 1.29 is 18.0 Å². The maximum Gasteiger partial charge on any atom is 0.252 e. The third-order valence-corrected chi connectivity index (χ3v) is 4.77. The lowest BCUT2D eigenvalue weighted by Gasteiger charge is -2.12. The number of hydrogen-bond donors (Lipinski definition) is 3. The Balaban J connectivity index is 2.07. The maximum atomic E-state index is 13.8. The van der Waals surface area contributed by atoms with Crippen LogP contribution in [-0.4, -0.2) is 23.5 Å². The third-order valence-electron chi connectivity index (χ3n) is 3.79. The van der Waals surface area contributed by atoms with Crippen molar-refractivity contribution in [2.45, 2.75) is 25.3 Å². The van der Waals surface area contributed by atoms with Crippen LogP contribution in [0.15, 0.2) is 24.3 Å². The van der Waals surface area contributed by atoms with E-state index in [4.69, 9.17) is 11.5 Å². The van der Waals surface area contributed by atoms with E-state index in [2.05, 4.69) is 22.1 Å². The molecule has 0 aliphatic carbocycles. The van der Waals surface area contributed by atoms with Crippen LogP contribution in [0.2, 0.25) is 0 Å². The quantitative estimate of drug-likeness (QED) is 0.245. The van der Waals surface area contributed by atoms with Crippen LogP contribution in [0.5, 0.6) is 0 Å². The fourth-order valence-corrected chi connectivity index (χ4v) is 2.74. The molecule has 5 nitrogen and oxygen atoms in total. The van der Waals surface area contributed by atoms with Crippen molar-refractivity contribution in [2.24, 2.45) is 11.5 Å². The highest BCUT2D eigenvalue weighted by Gasteiger charge is 2.17. The van der Waals surface area contributed by atoms with Gasteiger partial charge in [0.2, 0.25) is 11.9 Å². The van der Waals surface area contributed by atoms with Crippen LogP contribution in [0.3, 0.4) is 0 Å². The van der Waals surface area contributed by atoms with E-state index in [1.807, 2.05) is 0 Å². The lowest BCUT2D eigenvalue weighted by Crippen LogP contribution is -2.35. The highest BCUT2D eigenvalue weighted by molar-refractivity contribution is 14.1. The summed E-state index contributed by atoms with van der Waals surface area (Å²) in [5, 5.41) is 2.69. The van der Waals surface area contributed by atoms with Gasteiger partial charge in [0.1, 0.15) is 0 Å². The molecule has 0 aliphatic rings. The van der Waals surface area contributed by atoms with E-state index in [9.17, 15) is 18.0 Å². The number of rotatable bonds is 6. The van der Waals surface area contributed by atoms with Gasteiger partial charge in [0.15, 0.2) is 5.82 Å². The molecule has 1 atom stereocenters. The van der Waals surface area contributed by atoms with Crippen LogP contribution in [0.25, 0.3) is 0 Å². The number of aromatic nitrogens is 1. The number of carbonyl (C=O) groups excluding carboxylic acids is 1. The van der Waals surface area contributed by atoms with E-state index in [-0.39, 0.29) is 9.48 Å². The first-order valence-corrected chi connectivity index (χ1v) is 9.50. The van der Waals surface area contributed by atoms with Gasteiger partial charge in [0.05, 0.1) is 15.2 Å². The molecule has 1 heterocycles. The summed E-state index contributed by atoms with van der Waals surface area (Å²) in [6.07, 6.45) is 2.11. The second kappa shape index (κ2) is 10.4. The highest BCUT2D eigenvalue weighted by atomic mass is 127. The Bertz CT molecular complexity index is 884. The van der Waals surface area contributed by atoms with Crippen molar-refractivity contribution in [2.75, 3.05) is 11.9 Å². The Kier molecular flexibility index (Phi) is 8.22. The molecule has 0 fully saturated rings. The SMILES string of the molecule is NCCCC[C@H](N)C(=O)Nc1ccc(C#Cc2c(F)c(F)nc(F)c2I)cc1. The van der Waals surface area contributed by atoms with Crippen molar-refractivity contribution in [3.05, 3.63) is 56.7 Å². The van der Waals surface area contributed by atoms with Crippen molar-refractivity contribution in [1.29, 1.82) is 0 Å². The van der Waals surface area contributed by atoms with Gasteiger partial charge in [-0.2, -0.15) is 13.8 Å². The van der Waals surface area contributed by atoms with Crippen LogP contribution in [-0.2, 0) is 4.79 Å². The number of unbranched alkanes of at least 4 members (excludes halogenated alkanes) is 1. The zero-order valence-electron chi connectivity index (χ0n) is 14.7. The first-order chi connectivity index (χ1) is 13.3. The minimum atomic E-state index is -1.54. The van der Waals surface area contributed by atoms with Crippen LogP contribution in [0.4, 0.5) is 18.9 Å². The fourth-order valence-electron chi connectivity index (χ4n) is 2.24. The van der Waals surface area contributed by atoms with E-state index in [1.54, 1.807) is 24.3 Å². The summed E-state index contributed by atoms with van der Waals surface area (Å²) in [5.41, 5.74) is 11.8. The maximum absolute atomic E-state index is 13.8.